The van der Waals surface area contributed by atoms with E-state index in [1.54, 1.807) is 0 Å². The molecule has 1 unspecified atom stereocenters. The quantitative estimate of drug-likeness (QED) is 0.552. The van der Waals surface area contributed by atoms with E-state index in [4.69, 9.17) is 0 Å². The summed E-state index contributed by atoms with van der Waals surface area (Å²) in [5.74, 6) is 0. The highest BCUT2D eigenvalue weighted by molar-refractivity contribution is 4.78. The molecule has 1 atom stereocenters. The largest absolute Gasteiger partial charge is 0.405 e. The van der Waals surface area contributed by atoms with E-state index in [1.165, 1.54) is 0 Å². The van der Waals surface area contributed by atoms with Crippen LogP contribution in [-0.2, 0) is 0 Å². The molecule has 1 fully saturated rings. The van der Waals surface area contributed by atoms with Gasteiger partial charge in [0, 0.05) is 45.8 Å². The summed E-state index contributed by atoms with van der Waals surface area (Å²) in [5, 5.41) is 8.55. The van der Waals surface area contributed by atoms with Gasteiger partial charge in [-0.2, -0.15) is 13.2 Å². The summed E-state index contributed by atoms with van der Waals surface area (Å²) in [5.41, 5.74) is 0. The predicted molar refractivity (Wildman–Crippen MR) is 61.1 cm³/mol. The number of halogens is 3. The van der Waals surface area contributed by atoms with Crippen LogP contribution >= 0.6 is 0 Å². The van der Waals surface area contributed by atoms with Crippen LogP contribution in [0.15, 0.2) is 0 Å². The molecule has 0 aromatic carbocycles. The van der Waals surface area contributed by atoms with Crippen molar-refractivity contribution in [2.75, 3.05) is 52.9 Å². The monoisotopic (exact) mass is 254 g/mol. The first-order valence-electron chi connectivity index (χ1n) is 5.90. The molecule has 1 aliphatic rings. The maximum Gasteiger partial charge on any atom is 0.405 e. The second kappa shape index (κ2) is 7.15. The van der Waals surface area contributed by atoms with Gasteiger partial charge >= 0.3 is 6.18 Å². The Morgan fingerprint density at radius 2 is 1.65 bits per heavy atom. The third-order valence-corrected chi connectivity index (χ3v) is 2.78. The van der Waals surface area contributed by atoms with Crippen molar-refractivity contribution in [3.05, 3.63) is 0 Å². The summed E-state index contributed by atoms with van der Waals surface area (Å²) >= 11 is 0. The van der Waals surface area contributed by atoms with Gasteiger partial charge in [0.25, 0.3) is 0 Å². The summed E-state index contributed by atoms with van der Waals surface area (Å²) in [6.07, 6.45) is -4.19. The van der Waals surface area contributed by atoms with Crippen molar-refractivity contribution in [3.8, 4) is 0 Å². The second-order valence-electron chi connectivity index (χ2n) is 4.31. The van der Waals surface area contributed by atoms with Gasteiger partial charge in [0.2, 0.25) is 0 Å². The number of nitrogens with zero attached hydrogens (tertiary/aromatic N) is 1. The van der Waals surface area contributed by atoms with E-state index in [1.807, 2.05) is 11.9 Å². The van der Waals surface area contributed by atoms with Gasteiger partial charge in [0.05, 0.1) is 0 Å². The van der Waals surface area contributed by atoms with E-state index in [-0.39, 0.29) is 6.54 Å². The van der Waals surface area contributed by atoms with Gasteiger partial charge < -0.3 is 20.9 Å². The minimum atomic E-state index is -4.19. The molecule has 7 heteroatoms. The Hall–Kier alpha value is -0.370. The molecule has 0 amide bonds. The molecule has 1 rings (SSSR count). The van der Waals surface area contributed by atoms with Crippen molar-refractivity contribution in [2.45, 2.75) is 12.2 Å². The zero-order valence-electron chi connectivity index (χ0n) is 10.1. The maximum absolute atomic E-state index is 12.6. The first-order valence-corrected chi connectivity index (χ1v) is 5.90. The van der Waals surface area contributed by atoms with E-state index >= 15 is 0 Å². The van der Waals surface area contributed by atoms with Crippen molar-refractivity contribution in [1.29, 1.82) is 0 Å². The Labute approximate surface area is 99.9 Å². The maximum atomic E-state index is 12.6. The number of likely N-dealkylation sites (N-methyl/N-ethyl adjacent to an activating group) is 1. The van der Waals surface area contributed by atoms with Gasteiger partial charge in [-0.3, -0.25) is 0 Å². The van der Waals surface area contributed by atoms with Gasteiger partial charge in [-0.25, -0.2) is 0 Å². The molecule has 1 saturated heterocycles. The van der Waals surface area contributed by atoms with E-state index in [9.17, 15) is 13.2 Å². The standard InChI is InChI=1S/C10H21F3N4/c1-17-6-4-14-2-3-15-8-9(10(11,12)13)16-5-7-17/h9,14-16H,2-8H2,1H3. The van der Waals surface area contributed by atoms with Crippen LogP contribution in [0.1, 0.15) is 0 Å². The Balaban J connectivity index is 2.44. The van der Waals surface area contributed by atoms with Crippen LogP contribution in [0.2, 0.25) is 0 Å². The summed E-state index contributed by atoms with van der Waals surface area (Å²) in [6.45, 7) is 3.85. The zero-order valence-corrected chi connectivity index (χ0v) is 10.1. The zero-order chi connectivity index (χ0) is 12.7. The fraction of sp³-hybridized carbons (Fsp3) is 1.00. The lowest BCUT2D eigenvalue weighted by atomic mass is 10.2. The minimum Gasteiger partial charge on any atom is -0.314 e. The molecule has 0 radical (unpaired) electrons. The fourth-order valence-corrected chi connectivity index (χ4v) is 1.66. The highest BCUT2D eigenvalue weighted by atomic mass is 19.4. The van der Waals surface area contributed by atoms with E-state index < -0.39 is 12.2 Å². The lowest BCUT2D eigenvalue weighted by Gasteiger charge is -2.25. The average Bonchev–Trinajstić information content (AvgIpc) is 2.21. The minimum absolute atomic E-state index is 0.0745. The number of hydrogen-bond donors (Lipinski definition) is 3. The first-order chi connectivity index (χ1) is 8.00. The van der Waals surface area contributed by atoms with Gasteiger partial charge in [-0.1, -0.05) is 0 Å². The molecule has 3 N–H and O–H groups in total. The van der Waals surface area contributed by atoms with Gasteiger partial charge in [-0.15, -0.1) is 0 Å². The number of alkyl halides is 3. The van der Waals surface area contributed by atoms with Crippen LogP contribution in [0.3, 0.4) is 0 Å². The van der Waals surface area contributed by atoms with Crippen molar-refractivity contribution >= 4 is 0 Å². The van der Waals surface area contributed by atoms with E-state index in [2.05, 4.69) is 16.0 Å². The van der Waals surface area contributed by atoms with Gasteiger partial charge in [0.1, 0.15) is 6.04 Å². The van der Waals surface area contributed by atoms with Crippen LogP contribution in [-0.4, -0.2) is 70.0 Å². The van der Waals surface area contributed by atoms with Crippen LogP contribution < -0.4 is 16.0 Å². The van der Waals surface area contributed by atoms with Gasteiger partial charge in [0.15, 0.2) is 0 Å². The first kappa shape index (κ1) is 14.7. The molecular weight excluding hydrogens is 233 g/mol. The third-order valence-electron chi connectivity index (χ3n) is 2.78. The van der Waals surface area contributed by atoms with Crippen LogP contribution in [0.25, 0.3) is 0 Å². The smallest absolute Gasteiger partial charge is 0.314 e. The highest BCUT2D eigenvalue weighted by Crippen LogP contribution is 2.19. The highest BCUT2D eigenvalue weighted by Gasteiger charge is 2.38. The Kier molecular flexibility index (Phi) is 6.18. The molecular formula is C10H21F3N4. The summed E-state index contributed by atoms with van der Waals surface area (Å²) < 4.78 is 37.9. The molecule has 0 aromatic heterocycles. The molecule has 0 saturated carbocycles. The molecule has 1 heterocycles. The predicted octanol–water partition coefficient (Wildman–Crippen LogP) is -0.368. The number of rotatable bonds is 0. The molecule has 0 spiro atoms. The lowest BCUT2D eigenvalue weighted by Crippen LogP contribution is -2.52. The Morgan fingerprint density at radius 3 is 2.35 bits per heavy atom. The number of hydrogen-bond acceptors (Lipinski definition) is 4. The normalized spacial score (nSPS) is 27.2. The number of nitrogens with one attached hydrogen (secondary N) is 3. The van der Waals surface area contributed by atoms with Crippen LogP contribution in [0, 0.1) is 0 Å². The fourth-order valence-electron chi connectivity index (χ4n) is 1.66. The van der Waals surface area contributed by atoms with E-state index in [0.717, 1.165) is 13.1 Å². The second-order valence-corrected chi connectivity index (χ2v) is 4.31. The summed E-state index contributed by atoms with van der Waals surface area (Å²) in [7, 11) is 1.91. The van der Waals surface area contributed by atoms with Crippen LogP contribution in [0.5, 0.6) is 0 Å². The molecule has 102 valence electrons. The topological polar surface area (TPSA) is 39.3 Å². The van der Waals surface area contributed by atoms with E-state index in [0.29, 0.717) is 26.2 Å². The molecule has 1 aliphatic heterocycles. The average molecular weight is 254 g/mol. The Morgan fingerprint density at radius 1 is 1.00 bits per heavy atom. The van der Waals surface area contributed by atoms with Crippen LogP contribution in [0.4, 0.5) is 13.2 Å². The van der Waals surface area contributed by atoms with Crippen molar-refractivity contribution in [3.63, 3.8) is 0 Å². The molecule has 0 bridgehead atoms. The molecule has 4 nitrogen and oxygen atoms in total. The van der Waals surface area contributed by atoms with Crippen molar-refractivity contribution in [2.24, 2.45) is 0 Å². The molecule has 0 aromatic rings. The molecule has 17 heavy (non-hydrogen) atoms. The molecule has 0 aliphatic carbocycles. The van der Waals surface area contributed by atoms with Gasteiger partial charge in [-0.05, 0) is 7.05 Å². The van der Waals surface area contributed by atoms with Crippen molar-refractivity contribution in [1.82, 2.24) is 20.9 Å². The Bertz CT molecular complexity index is 210. The lowest BCUT2D eigenvalue weighted by molar-refractivity contribution is -0.154. The van der Waals surface area contributed by atoms with Crippen molar-refractivity contribution < 1.29 is 13.2 Å². The summed E-state index contributed by atoms with van der Waals surface area (Å²) in [4.78, 5) is 2.02. The third kappa shape index (κ3) is 6.21. The summed E-state index contributed by atoms with van der Waals surface area (Å²) in [6, 6.07) is -1.46. The SMILES string of the molecule is CN1CCNCCNCC(C(F)(F)F)NCC1.